The topological polar surface area (TPSA) is 84.9 Å². The molecule has 3 rings (SSSR count). The van der Waals surface area contributed by atoms with Crippen molar-refractivity contribution in [2.24, 2.45) is 0 Å². The summed E-state index contributed by atoms with van der Waals surface area (Å²) in [6, 6.07) is 12.1. The Hall–Kier alpha value is -2.09. The molecule has 0 fully saturated rings. The maximum absolute atomic E-state index is 12.4. The zero-order valence-corrected chi connectivity index (χ0v) is 16.5. The van der Waals surface area contributed by atoms with Gasteiger partial charge in [0.2, 0.25) is 16.8 Å². The van der Waals surface area contributed by atoms with Gasteiger partial charge in [-0.05, 0) is 47.2 Å². The lowest BCUT2D eigenvalue weighted by molar-refractivity contribution is 0.166. The van der Waals surface area contributed by atoms with Crippen molar-refractivity contribution in [3.8, 4) is 11.5 Å². The van der Waals surface area contributed by atoms with Crippen molar-refractivity contribution in [1.29, 1.82) is 0 Å². The number of aliphatic hydroxyl groups excluding tert-OH is 1. The summed E-state index contributed by atoms with van der Waals surface area (Å²) < 4.78 is 37.9. The standard InChI is InChI=1S/C20H25NO5S/c1-20(2,3)15-5-7-16(8-6-15)27(23,24)21-11-10-17(22)14-4-9-18-19(12-14)26-13-25-18/h4-9,12,17,21-22H,10-11,13H2,1-3H3. The van der Waals surface area contributed by atoms with Gasteiger partial charge in [-0.2, -0.15) is 0 Å². The van der Waals surface area contributed by atoms with Crippen molar-refractivity contribution < 1.29 is 23.0 Å². The molecule has 0 bridgehead atoms. The average molecular weight is 391 g/mol. The van der Waals surface area contributed by atoms with Crippen LogP contribution in [0, 0.1) is 0 Å². The fourth-order valence-corrected chi connectivity index (χ4v) is 3.88. The summed E-state index contributed by atoms with van der Waals surface area (Å²) in [6.45, 7) is 6.52. The number of nitrogens with one attached hydrogen (secondary N) is 1. The summed E-state index contributed by atoms with van der Waals surface area (Å²) in [5, 5.41) is 10.3. The molecule has 0 saturated heterocycles. The van der Waals surface area contributed by atoms with E-state index in [2.05, 4.69) is 25.5 Å². The lowest BCUT2D eigenvalue weighted by atomic mass is 9.87. The normalized spacial score (nSPS) is 15.0. The van der Waals surface area contributed by atoms with Crippen molar-refractivity contribution in [1.82, 2.24) is 4.72 Å². The molecule has 1 atom stereocenters. The van der Waals surface area contributed by atoms with Crippen LogP contribution in [0.1, 0.15) is 44.4 Å². The van der Waals surface area contributed by atoms with Gasteiger partial charge in [0.25, 0.3) is 0 Å². The van der Waals surface area contributed by atoms with E-state index >= 15 is 0 Å². The third kappa shape index (κ3) is 4.61. The summed E-state index contributed by atoms with van der Waals surface area (Å²) in [5.74, 6) is 1.23. The van der Waals surface area contributed by atoms with E-state index in [0.717, 1.165) is 5.56 Å². The molecule has 0 amide bonds. The van der Waals surface area contributed by atoms with E-state index in [-0.39, 0.29) is 30.1 Å². The quantitative estimate of drug-likeness (QED) is 0.790. The molecule has 0 saturated carbocycles. The van der Waals surface area contributed by atoms with Crippen molar-refractivity contribution >= 4 is 10.0 Å². The van der Waals surface area contributed by atoms with Crippen LogP contribution in [0.25, 0.3) is 0 Å². The second kappa shape index (κ2) is 7.50. The van der Waals surface area contributed by atoms with Crippen molar-refractivity contribution in [3.05, 3.63) is 53.6 Å². The highest BCUT2D eigenvalue weighted by molar-refractivity contribution is 7.89. The number of hydrogen-bond donors (Lipinski definition) is 2. The smallest absolute Gasteiger partial charge is 0.240 e. The average Bonchev–Trinajstić information content (AvgIpc) is 3.08. The van der Waals surface area contributed by atoms with E-state index in [1.807, 2.05) is 12.1 Å². The van der Waals surface area contributed by atoms with Gasteiger partial charge in [-0.25, -0.2) is 13.1 Å². The largest absolute Gasteiger partial charge is 0.454 e. The second-order valence-corrected chi connectivity index (χ2v) is 9.36. The maximum atomic E-state index is 12.4. The van der Waals surface area contributed by atoms with Crippen LogP contribution in [0.3, 0.4) is 0 Å². The summed E-state index contributed by atoms with van der Waals surface area (Å²) in [4.78, 5) is 0.216. The number of benzene rings is 2. The summed E-state index contributed by atoms with van der Waals surface area (Å²) in [5.41, 5.74) is 1.69. The number of rotatable bonds is 6. The minimum Gasteiger partial charge on any atom is -0.454 e. The maximum Gasteiger partial charge on any atom is 0.240 e. The number of aliphatic hydroxyl groups is 1. The van der Waals surface area contributed by atoms with Gasteiger partial charge in [0, 0.05) is 6.54 Å². The summed E-state index contributed by atoms with van der Waals surface area (Å²) in [7, 11) is -3.62. The molecule has 0 aliphatic carbocycles. The first-order valence-corrected chi connectivity index (χ1v) is 10.3. The van der Waals surface area contributed by atoms with Gasteiger partial charge in [-0.3, -0.25) is 0 Å². The van der Waals surface area contributed by atoms with Crippen LogP contribution in [-0.4, -0.2) is 26.9 Å². The van der Waals surface area contributed by atoms with Crippen LogP contribution in [0.2, 0.25) is 0 Å². The Kier molecular flexibility index (Phi) is 5.46. The molecule has 27 heavy (non-hydrogen) atoms. The lowest BCUT2D eigenvalue weighted by Gasteiger charge is -2.19. The highest BCUT2D eigenvalue weighted by atomic mass is 32.2. The SMILES string of the molecule is CC(C)(C)c1ccc(S(=O)(=O)NCCC(O)c2ccc3c(c2)OCO3)cc1. The molecule has 1 aliphatic rings. The molecule has 6 nitrogen and oxygen atoms in total. The Bertz CT molecular complexity index is 901. The highest BCUT2D eigenvalue weighted by Gasteiger charge is 2.19. The van der Waals surface area contributed by atoms with Gasteiger partial charge in [0.05, 0.1) is 11.0 Å². The van der Waals surface area contributed by atoms with Crippen LogP contribution in [-0.2, 0) is 15.4 Å². The predicted molar refractivity (Wildman–Crippen MR) is 102 cm³/mol. The van der Waals surface area contributed by atoms with Gasteiger partial charge in [0.15, 0.2) is 11.5 Å². The Balaban J connectivity index is 1.59. The molecule has 1 heterocycles. The molecule has 7 heteroatoms. The molecule has 0 radical (unpaired) electrons. The van der Waals surface area contributed by atoms with Gasteiger partial charge in [0.1, 0.15) is 0 Å². The van der Waals surface area contributed by atoms with Gasteiger partial charge < -0.3 is 14.6 Å². The van der Waals surface area contributed by atoms with E-state index in [4.69, 9.17) is 9.47 Å². The zero-order chi connectivity index (χ0) is 19.7. The molecule has 1 unspecified atom stereocenters. The molecule has 0 aromatic heterocycles. The minimum absolute atomic E-state index is 0.0373. The monoisotopic (exact) mass is 391 g/mol. The summed E-state index contributed by atoms with van der Waals surface area (Å²) >= 11 is 0. The Morgan fingerprint density at radius 1 is 1.07 bits per heavy atom. The van der Waals surface area contributed by atoms with E-state index in [9.17, 15) is 13.5 Å². The molecule has 146 valence electrons. The molecular weight excluding hydrogens is 366 g/mol. The van der Waals surface area contributed by atoms with Gasteiger partial charge in [-0.1, -0.05) is 39.0 Å². The zero-order valence-electron chi connectivity index (χ0n) is 15.7. The molecule has 0 spiro atoms. The number of fused-ring (bicyclic) bond motifs is 1. The molecule has 2 aromatic carbocycles. The Labute approximate surface area is 160 Å². The van der Waals surface area contributed by atoms with E-state index < -0.39 is 16.1 Å². The van der Waals surface area contributed by atoms with Crippen LogP contribution < -0.4 is 14.2 Å². The fourth-order valence-electron chi connectivity index (χ4n) is 2.83. The van der Waals surface area contributed by atoms with Crippen LogP contribution in [0.5, 0.6) is 11.5 Å². The molecular formula is C20H25NO5S. The van der Waals surface area contributed by atoms with Crippen LogP contribution >= 0.6 is 0 Å². The van der Waals surface area contributed by atoms with Crippen molar-refractivity contribution in [3.63, 3.8) is 0 Å². The van der Waals surface area contributed by atoms with Crippen LogP contribution in [0.4, 0.5) is 0 Å². The number of ether oxygens (including phenoxy) is 2. The van der Waals surface area contributed by atoms with Crippen LogP contribution in [0.15, 0.2) is 47.4 Å². The first kappa shape index (κ1) is 19.7. The first-order chi connectivity index (χ1) is 12.7. The van der Waals surface area contributed by atoms with E-state index in [1.54, 1.807) is 30.3 Å². The third-order valence-corrected chi connectivity index (χ3v) is 6.00. The highest BCUT2D eigenvalue weighted by Crippen LogP contribution is 2.34. The van der Waals surface area contributed by atoms with Gasteiger partial charge >= 0.3 is 0 Å². The number of hydrogen-bond acceptors (Lipinski definition) is 5. The number of sulfonamides is 1. The molecule has 2 aromatic rings. The molecule has 1 aliphatic heterocycles. The molecule has 2 N–H and O–H groups in total. The third-order valence-electron chi connectivity index (χ3n) is 4.52. The Morgan fingerprint density at radius 2 is 1.74 bits per heavy atom. The van der Waals surface area contributed by atoms with Gasteiger partial charge in [-0.15, -0.1) is 0 Å². The first-order valence-electron chi connectivity index (χ1n) is 8.85. The lowest BCUT2D eigenvalue weighted by Crippen LogP contribution is -2.26. The second-order valence-electron chi connectivity index (χ2n) is 7.59. The fraction of sp³-hybridized carbons (Fsp3) is 0.400. The van der Waals surface area contributed by atoms with Crippen molar-refractivity contribution in [2.45, 2.75) is 43.6 Å². The van der Waals surface area contributed by atoms with Crippen molar-refractivity contribution in [2.75, 3.05) is 13.3 Å². The van der Waals surface area contributed by atoms with E-state index in [1.165, 1.54) is 0 Å². The Morgan fingerprint density at radius 3 is 2.41 bits per heavy atom. The van der Waals surface area contributed by atoms with E-state index in [0.29, 0.717) is 17.1 Å². The summed E-state index contributed by atoms with van der Waals surface area (Å²) in [6.07, 6.45) is -0.552. The predicted octanol–water partition coefficient (Wildman–Crippen LogP) is 3.11. The minimum atomic E-state index is -3.62.